The molecule has 0 bridgehead atoms. The van der Waals surface area contributed by atoms with Crippen molar-refractivity contribution in [2.24, 2.45) is 5.41 Å². The van der Waals surface area contributed by atoms with Crippen molar-refractivity contribution in [2.45, 2.75) is 65.7 Å². The first kappa shape index (κ1) is 15.4. The molecule has 0 heterocycles. The summed E-state index contributed by atoms with van der Waals surface area (Å²) in [6, 6.07) is 2.33. The monoisotopic (exact) mass is 225 g/mol. The lowest BCUT2D eigenvalue weighted by Gasteiger charge is -2.14. The Hall–Kier alpha value is -0.550. The minimum Gasteiger partial charge on any atom is -0.381 e. The normalized spacial score (nSPS) is 11.4. The summed E-state index contributed by atoms with van der Waals surface area (Å²) >= 11 is 0. The first-order valence-corrected chi connectivity index (χ1v) is 6.61. The second kappa shape index (κ2) is 9.66. The van der Waals surface area contributed by atoms with Crippen LogP contribution in [0.2, 0.25) is 0 Å². The fraction of sp³-hybridized carbons (Fsp3) is 0.929. The van der Waals surface area contributed by atoms with E-state index in [-0.39, 0.29) is 5.41 Å². The molecule has 94 valence electrons. The Kier molecular flexibility index (Phi) is 9.33. The predicted molar refractivity (Wildman–Crippen MR) is 68.2 cm³/mol. The summed E-state index contributed by atoms with van der Waals surface area (Å²) in [6.07, 6.45) is 8.23. The van der Waals surface area contributed by atoms with Crippen molar-refractivity contribution in [3.8, 4) is 6.07 Å². The maximum atomic E-state index is 8.84. The van der Waals surface area contributed by atoms with E-state index in [4.69, 9.17) is 10.00 Å². The maximum absolute atomic E-state index is 8.84. The summed E-state index contributed by atoms with van der Waals surface area (Å²) in [7, 11) is 0. The molecule has 0 atom stereocenters. The average molecular weight is 225 g/mol. The van der Waals surface area contributed by atoms with Gasteiger partial charge in [-0.25, -0.2) is 0 Å². The van der Waals surface area contributed by atoms with Crippen LogP contribution in [-0.2, 0) is 4.74 Å². The van der Waals surface area contributed by atoms with Crippen molar-refractivity contribution in [3.63, 3.8) is 0 Å². The minimum absolute atomic E-state index is 0.166. The molecule has 0 fully saturated rings. The fourth-order valence-corrected chi connectivity index (χ4v) is 1.56. The lowest BCUT2D eigenvalue weighted by molar-refractivity contribution is 0.124. The highest BCUT2D eigenvalue weighted by atomic mass is 16.5. The Morgan fingerprint density at radius 3 is 2.19 bits per heavy atom. The third-order valence-corrected chi connectivity index (χ3v) is 2.79. The van der Waals surface area contributed by atoms with Crippen LogP contribution in [0.1, 0.15) is 65.7 Å². The van der Waals surface area contributed by atoms with Crippen LogP contribution in [0.15, 0.2) is 0 Å². The van der Waals surface area contributed by atoms with Gasteiger partial charge in [0.05, 0.1) is 11.5 Å². The van der Waals surface area contributed by atoms with E-state index in [1.807, 2.05) is 13.8 Å². The second-order valence-corrected chi connectivity index (χ2v) is 5.13. The van der Waals surface area contributed by atoms with Crippen LogP contribution >= 0.6 is 0 Å². The van der Waals surface area contributed by atoms with E-state index in [1.165, 1.54) is 25.7 Å². The van der Waals surface area contributed by atoms with Gasteiger partial charge in [-0.05, 0) is 39.5 Å². The van der Waals surface area contributed by atoms with Gasteiger partial charge >= 0.3 is 0 Å². The molecule has 0 aromatic heterocycles. The van der Waals surface area contributed by atoms with Gasteiger partial charge in [0.15, 0.2) is 0 Å². The van der Waals surface area contributed by atoms with Gasteiger partial charge in [-0.3, -0.25) is 0 Å². The number of ether oxygens (including phenoxy) is 1. The zero-order chi connectivity index (χ0) is 12.3. The molecule has 16 heavy (non-hydrogen) atoms. The lowest BCUT2D eigenvalue weighted by atomic mass is 9.89. The summed E-state index contributed by atoms with van der Waals surface area (Å²) in [5, 5.41) is 8.84. The average Bonchev–Trinajstić information content (AvgIpc) is 2.27. The summed E-state index contributed by atoms with van der Waals surface area (Å²) < 4.78 is 5.55. The van der Waals surface area contributed by atoms with Crippen molar-refractivity contribution in [3.05, 3.63) is 0 Å². The highest BCUT2D eigenvalue weighted by Crippen LogP contribution is 2.21. The Morgan fingerprint density at radius 2 is 1.62 bits per heavy atom. The molecule has 2 nitrogen and oxygen atoms in total. The molecule has 0 aliphatic rings. The van der Waals surface area contributed by atoms with E-state index in [1.54, 1.807) is 0 Å². The highest BCUT2D eigenvalue weighted by Gasteiger charge is 2.15. The largest absolute Gasteiger partial charge is 0.381 e. The first-order chi connectivity index (χ1) is 7.62. The number of unbranched alkanes of at least 4 members (excludes halogenated alkanes) is 4. The highest BCUT2D eigenvalue weighted by molar-refractivity contribution is 4.91. The molecular weight excluding hydrogens is 198 g/mol. The Labute approximate surface area is 101 Å². The number of hydrogen-bond acceptors (Lipinski definition) is 2. The number of nitrogens with zero attached hydrogens (tertiary/aromatic N) is 1. The van der Waals surface area contributed by atoms with Crippen LogP contribution in [-0.4, -0.2) is 13.2 Å². The summed E-state index contributed by atoms with van der Waals surface area (Å²) in [5.41, 5.74) is -0.166. The molecule has 2 heteroatoms. The molecule has 0 spiro atoms. The Morgan fingerprint density at radius 1 is 1.00 bits per heavy atom. The molecule has 0 aromatic carbocycles. The quantitative estimate of drug-likeness (QED) is 0.519. The Bertz CT molecular complexity index is 193. The smallest absolute Gasteiger partial charge is 0.0683 e. The SMILES string of the molecule is CCCCCCOCCCCC(C)(C)C#N. The lowest BCUT2D eigenvalue weighted by Crippen LogP contribution is -2.08. The number of rotatable bonds is 10. The van der Waals surface area contributed by atoms with Crippen molar-refractivity contribution in [1.82, 2.24) is 0 Å². The van der Waals surface area contributed by atoms with Gasteiger partial charge in [0, 0.05) is 13.2 Å². The van der Waals surface area contributed by atoms with Crippen molar-refractivity contribution in [1.29, 1.82) is 5.26 Å². The molecule has 0 aliphatic carbocycles. The van der Waals surface area contributed by atoms with Gasteiger partial charge in [0.1, 0.15) is 0 Å². The molecule has 0 amide bonds. The van der Waals surface area contributed by atoms with Gasteiger partial charge in [0.25, 0.3) is 0 Å². The second-order valence-electron chi connectivity index (χ2n) is 5.13. The van der Waals surface area contributed by atoms with Crippen LogP contribution < -0.4 is 0 Å². The molecule has 0 unspecified atom stereocenters. The van der Waals surface area contributed by atoms with Crippen molar-refractivity contribution >= 4 is 0 Å². The minimum atomic E-state index is -0.166. The Balaban J connectivity index is 3.14. The summed E-state index contributed by atoms with van der Waals surface area (Å²) in [5.74, 6) is 0. The van der Waals surface area contributed by atoms with Crippen LogP contribution in [0.4, 0.5) is 0 Å². The summed E-state index contributed by atoms with van der Waals surface area (Å²) in [4.78, 5) is 0. The number of hydrogen-bond donors (Lipinski definition) is 0. The topological polar surface area (TPSA) is 33.0 Å². The molecule has 0 saturated heterocycles. The van der Waals surface area contributed by atoms with E-state index >= 15 is 0 Å². The number of nitriles is 1. The molecule has 0 saturated carbocycles. The van der Waals surface area contributed by atoms with E-state index in [2.05, 4.69) is 13.0 Å². The molecule has 0 N–H and O–H groups in total. The molecule has 0 aliphatic heterocycles. The zero-order valence-corrected chi connectivity index (χ0v) is 11.2. The maximum Gasteiger partial charge on any atom is 0.0683 e. The molecule has 0 rings (SSSR count). The molecule has 0 radical (unpaired) electrons. The summed E-state index contributed by atoms with van der Waals surface area (Å²) in [6.45, 7) is 7.98. The third kappa shape index (κ3) is 9.98. The van der Waals surface area contributed by atoms with E-state index in [0.29, 0.717) is 0 Å². The molecule has 0 aromatic rings. The van der Waals surface area contributed by atoms with Crippen molar-refractivity contribution < 1.29 is 4.74 Å². The van der Waals surface area contributed by atoms with Gasteiger partial charge in [-0.15, -0.1) is 0 Å². The zero-order valence-electron chi connectivity index (χ0n) is 11.2. The van der Waals surface area contributed by atoms with E-state index < -0.39 is 0 Å². The predicted octanol–water partition coefficient (Wildman–Crippen LogP) is 4.30. The van der Waals surface area contributed by atoms with Crippen LogP contribution in [0, 0.1) is 16.7 Å². The van der Waals surface area contributed by atoms with Crippen LogP contribution in [0.25, 0.3) is 0 Å². The van der Waals surface area contributed by atoms with Gasteiger partial charge in [-0.1, -0.05) is 26.2 Å². The fourth-order valence-electron chi connectivity index (χ4n) is 1.56. The van der Waals surface area contributed by atoms with Crippen LogP contribution in [0.5, 0.6) is 0 Å². The standard InChI is InChI=1S/C14H27NO/c1-4-5-6-8-11-16-12-9-7-10-14(2,3)13-15/h4-12H2,1-3H3. The van der Waals surface area contributed by atoms with Gasteiger partial charge < -0.3 is 4.74 Å². The van der Waals surface area contributed by atoms with Gasteiger partial charge in [-0.2, -0.15) is 5.26 Å². The van der Waals surface area contributed by atoms with Crippen molar-refractivity contribution in [2.75, 3.05) is 13.2 Å². The van der Waals surface area contributed by atoms with Crippen LogP contribution in [0.3, 0.4) is 0 Å². The third-order valence-electron chi connectivity index (χ3n) is 2.79. The van der Waals surface area contributed by atoms with E-state index in [9.17, 15) is 0 Å². The molecular formula is C14H27NO. The van der Waals surface area contributed by atoms with Gasteiger partial charge in [0.2, 0.25) is 0 Å². The van der Waals surface area contributed by atoms with E-state index in [0.717, 1.165) is 32.5 Å². The first-order valence-electron chi connectivity index (χ1n) is 6.61.